The van der Waals surface area contributed by atoms with Crippen LogP contribution in [0.15, 0.2) is 46.0 Å². The molecule has 5 rings (SSSR count). The van der Waals surface area contributed by atoms with E-state index in [1.807, 2.05) is 6.07 Å². The second-order valence-corrected chi connectivity index (χ2v) is 11.6. The van der Waals surface area contributed by atoms with Crippen molar-refractivity contribution in [3.8, 4) is 0 Å². The molecule has 5 nitrogen and oxygen atoms in total. The Balaban J connectivity index is 0.000000269. The quantitative estimate of drug-likeness (QED) is 0.630. The maximum atomic E-state index is 12.9. The topological polar surface area (TPSA) is 39.2 Å². The second kappa shape index (κ2) is 9.75. The molecular formula is C23H30F3N3O2S2. The van der Waals surface area contributed by atoms with Gasteiger partial charge in [-0.15, -0.1) is 11.3 Å². The smallest absolute Gasteiger partial charge is 0.380 e. The van der Waals surface area contributed by atoms with Crippen LogP contribution in [0.25, 0.3) is 0 Å². The van der Waals surface area contributed by atoms with Gasteiger partial charge in [0.1, 0.15) is 0 Å². The van der Waals surface area contributed by atoms with Crippen LogP contribution in [-0.2, 0) is 10.3 Å². The number of rotatable bonds is 4. The zero-order valence-electron chi connectivity index (χ0n) is 18.8. The molecule has 3 fully saturated rings. The fourth-order valence-electron chi connectivity index (χ4n) is 4.31. The lowest BCUT2D eigenvalue weighted by molar-refractivity contribution is -0.258. The number of piperazine rings is 1. The summed E-state index contributed by atoms with van der Waals surface area (Å²) >= 11 is 3.46. The molecule has 1 atom stereocenters. The number of halogens is 3. The molecule has 1 N–H and O–H groups in total. The Hall–Kier alpha value is -1.30. The standard InChI is InChI=1S/C17H19F3N2OS2.C6H11NO/c1-16(23,17(18,19)20)13-4-6-14(7-5-13)21-8-10-22(11-9-21)25-15-3-2-12-24-15;1-7-2-6(3-7)4-8-5-6/h2-7,12,23H,8-11H2,1H3;2-5H2,1H3. The van der Waals surface area contributed by atoms with Crippen LogP contribution < -0.4 is 4.90 Å². The van der Waals surface area contributed by atoms with Crippen molar-refractivity contribution >= 4 is 29.0 Å². The highest BCUT2D eigenvalue weighted by Crippen LogP contribution is 2.39. The molecule has 1 unspecified atom stereocenters. The van der Waals surface area contributed by atoms with Crippen molar-refractivity contribution in [2.24, 2.45) is 5.41 Å². The number of ether oxygens (including phenoxy) is 1. The minimum atomic E-state index is -4.70. The Morgan fingerprint density at radius 2 is 1.67 bits per heavy atom. The van der Waals surface area contributed by atoms with Crippen LogP contribution in [0.5, 0.6) is 0 Å². The lowest BCUT2D eigenvalue weighted by Crippen LogP contribution is -2.64. The van der Waals surface area contributed by atoms with Gasteiger partial charge in [-0.05, 0) is 55.1 Å². The van der Waals surface area contributed by atoms with Crippen molar-refractivity contribution in [2.45, 2.75) is 22.9 Å². The molecule has 1 aromatic heterocycles. The van der Waals surface area contributed by atoms with Gasteiger partial charge in [0.05, 0.1) is 17.4 Å². The Bertz CT molecular complexity index is 887. The normalized spacial score (nSPS) is 22.7. The van der Waals surface area contributed by atoms with Crippen molar-refractivity contribution in [1.82, 2.24) is 9.21 Å². The van der Waals surface area contributed by atoms with Crippen molar-refractivity contribution in [3.05, 3.63) is 47.3 Å². The van der Waals surface area contributed by atoms with Gasteiger partial charge in [-0.1, -0.05) is 18.2 Å². The molecular weight excluding hydrogens is 471 g/mol. The first-order chi connectivity index (χ1) is 15.6. The summed E-state index contributed by atoms with van der Waals surface area (Å²) in [6.45, 7) is 8.70. The lowest BCUT2D eigenvalue weighted by Gasteiger charge is -2.53. The highest BCUT2D eigenvalue weighted by Gasteiger charge is 2.51. The maximum absolute atomic E-state index is 12.9. The van der Waals surface area contributed by atoms with Gasteiger partial charge in [0.15, 0.2) is 5.60 Å². The summed E-state index contributed by atoms with van der Waals surface area (Å²) in [6, 6.07) is 10.1. The van der Waals surface area contributed by atoms with Crippen LogP contribution in [0.4, 0.5) is 18.9 Å². The van der Waals surface area contributed by atoms with Crippen molar-refractivity contribution in [2.75, 3.05) is 64.4 Å². The van der Waals surface area contributed by atoms with Crippen molar-refractivity contribution in [1.29, 1.82) is 0 Å². The summed E-state index contributed by atoms with van der Waals surface area (Å²) in [5, 5.41) is 11.8. The molecule has 0 amide bonds. The summed E-state index contributed by atoms with van der Waals surface area (Å²) in [4.78, 5) is 4.49. The molecule has 3 saturated heterocycles. The Morgan fingerprint density at radius 3 is 2.09 bits per heavy atom. The molecule has 10 heteroatoms. The maximum Gasteiger partial charge on any atom is 0.421 e. The van der Waals surface area contributed by atoms with E-state index in [1.165, 1.54) is 29.4 Å². The summed E-state index contributed by atoms with van der Waals surface area (Å²) in [5.41, 5.74) is -1.48. The fraction of sp³-hybridized carbons (Fsp3) is 0.565. The molecule has 0 bridgehead atoms. The van der Waals surface area contributed by atoms with E-state index in [0.717, 1.165) is 52.0 Å². The van der Waals surface area contributed by atoms with Crippen molar-refractivity contribution in [3.63, 3.8) is 0 Å². The number of hydrogen-bond donors (Lipinski definition) is 1. The van der Waals surface area contributed by atoms with E-state index in [2.05, 4.69) is 32.6 Å². The highest BCUT2D eigenvalue weighted by atomic mass is 32.2. The SMILES string of the molecule is CC(O)(c1ccc(N2CCN(Sc3cccs3)CC2)cc1)C(F)(F)F.CN1CC2(COC2)C1. The molecule has 182 valence electrons. The number of anilines is 1. The lowest BCUT2D eigenvalue weighted by atomic mass is 9.79. The number of likely N-dealkylation sites (tertiary alicyclic amines) is 1. The van der Waals surface area contributed by atoms with Crippen LogP contribution in [0, 0.1) is 5.41 Å². The van der Waals surface area contributed by atoms with E-state index in [-0.39, 0.29) is 5.56 Å². The van der Waals surface area contributed by atoms with Gasteiger partial charge in [-0.2, -0.15) is 13.2 Å². The minimum absolute atomic E-state index is 0.143. The van der Waals surface area contributed by atoms with Crippen molar-refractivity contribution < 1.29 is 23.0 Å². The van der Waals surface area contributed by atoms with Gasteiger partial charge in [-0.25, -0.2) is 4.31 Å². The van der Waals surface area contributed by atoms with Gasteiger partial charge in [0, 0.05) is 50.4 Å². The number of alkyl halides is 3. The predicted molar refractivity (Wildman–Crippen MR) is 127 cm³/mol. The number of hydrogen-bond acceptors (Lipinski definition) is 7. The number of benzene rings is 1. The number of thiophene rings is 1. The van der Waals surface area contributed by atoms with E-state index in [4.69, 9.17) is 4.74 Å². The van der Waals surface area contributed by atoms with E-state index >= 15 is 0 Å². The second-order valence-electron chi connectivity index (χ2n) is 9.22. The van der Waals surface area contributed by atoms with E-state index in [9.17, 15) is 18.3 Å². The third-order valence-electron chi connectivity index (χ3n) is 6.33. The zero-order chi connectivity index (χ0) is 23.7. The molecule has 0 aliphatic carbocycles. The first-order valence-electron chi connectivity index (χ1n) is 11.0. The van der Waals surface area contributed by atoms with Crippen LogP contribution in [-0.4, -0.2) is 80.0 Å². The van der Waals surface area contributed by atoms with Gasteiger partial charge >= 0.3 is 6.18 Å². The number of nitrogens with zero attached hydrogens (tertiary/aromatic N) is 3. The summed E-state index contributed by atoms with van der Waals surface area (Å²) in [7, 11) is 2.16. The summed E-state index contributed by atoms with van der Waals surface area (Å²) < 4.78 is 47.4. The van der Waals surface area contributed by atoms with Gasteiger partial charge < -0.3 is 19.6 Å². The average Bonchev–Trinajstić information content (AvgIpc) is 3.23. The van der Waals surface area contributed by atoms with Gasteiger partial charge in [-0.3, -0.25) is 0 Å². The summed E-state index contributed by atoms with van der Waals surface area (Å²) in [5.74, 6) is 0. The Kier molecular flexibility index (Phi) is 7.33. The monoisotopic (exact) mass is 501 g/mol. The third-order valence-corrected chi connectivity index (χ3v) is 8.44. The molecule has 0 saturated carbocycles. The predicted octanol–water partition coefficient (Wildman–Crippen LogP) is 4.30. The van der Waals surface area contributed by atoms with E-state index < -0.39 is 11.8 Å². The molecule has 1 aromatic carbocycles. The van der Waals surface area contributed by atoms with Crippen LogP contribution in [0.1, 0.15) is 12.5 Å². The Labute approximate surface area is 201 Å². The van der Waals surface area contributed by atoms with Gasteiger partial charge in [0.2, 0.25) is 0 Å². The fourth-order valence-corrected chi connectivity index (χ4v) is 6.16. The number of aliphatic hydroxyl groups is 1. The third kappa shape index (κ3) is 5.68. The Morgan fingerprint density at radius 1 is 1.03 bits per heavy atom. The summed E-state index contributed by atoms with van der Waals surface area (Å²) in [6.07, 6.45) is -4.70. The van der Waals surface area contributed by atoms with Gasteiger partial charge in [0.25, 0.3) is 0 Å². The first kappa shape index (κ1) is 24.8. The first-order valence-corrected chi connectivity index (χ1v) is 12.6. The van der Waals surface area contributed by atoms with E-state index in [0.29, 0.717) is 5.41 Å². The molecule has 1 spiro atoms. The molecule has 3 aliphatic heterocycles. The largest absolute Gasteiger partial charge is 0.421 e. The molecule has 33 heavy (non-hydrogen) atoms. The highest BCUT2D eigenvalue weighted by molar-refractivity contribution is 7.98. The molecule has 3 aliphatic rings. The molecule has 2 aromatic rings. The van der Waals surface area contributed by atoms with E-state index in [1.54, 1.807) is 35.4 Å². The zero-order valence-corrected chi connectivity index (χ0v) is 20.5. The molecule has 4 heterocycles. The minimum Gasteiger partial charge on any atom is -0.380 e. The van der Waals surface area contributed by atoms with Crippen LogP contribution >= 0.6 is 23.3 Å². The molecule has 0 radical (unpaired) electrons. The van der Waals surface area contributed by atoms with Crippen LogP contribution in [0.2, 0.25) is 0 Å². The average molecular weight is 502 g/mol. The van der Waals surface area contributed by atoms with Crippen LogP contribution in [0.3, 0.4) is 0 Å².